The number of Topliss-reactive ketones (excluding diaryl/α,β-unsaturated/α-hetero) is 1. The highest BCUT2D eigenvalue weighted by atomic mass is 16.7. The lowest BCUT2D eigenvalue weighted by Gasteiger charge is -2.52. The van der Waals surface area contributed by atoms with Crippen molar-refractivity contribution >= 4 is 11.9 Å². The van der Waals surface area contributed by atoms with Crippen molar-refractivity contribution in [1.29, 1.82) is 0 Å². The third-order valence-electron chi connectivity index (χ3n) is 9.87. The predicted octanol–water partition coefficient (Wildman–Crippen LogP) is 4.24. The first kappa shape index (κ1) is 25.0. The normalized spacial score (nSPS) is 43.9. The van der Waals surface area contributed by atoms with Gasteiger partial charge in [0.25, 0.3) is 0 Å². The SMILES string of the molecule is CC1=CC23C(=O)[C@@H](C=C4COC(C)(C)O[C@H]4[C@]2(O)[C@H]1OC(=O)N1CCCC1)C(C)(C)[C@@H](C)CC3C. The molecule has 1 N–H and O–H groups in total. The minimum absolute atomic E-state index is 0.00997. The second kappa shape index (κ2) is 7.90. The van der Waals surface area contributed by atoms with E-state index in [0.717, 1.165) is 24.8 Å². The molecule has 2 aliphatic heterocycles. The molecule has 35 heavy (non-hydrogen) atoms. The van der Waals surface area contributed by atoms with Gasteiger partial charge >= 0.3 is 6.09 Å². The minimum atomic E-state index is -1.77. The molecule has 0 aromatic carbocycles. The number of fused-ring (bicyclic) bond motifs is 3. The van der Waals surface area contributed by atoms with E-state index in [1.54, 1.807) is 4.90 Å². The predicted molar refractivity (Wildman–Crippen MR) is 130 cm³/mol. The Morgan fingerprint density at radius 1 is 1.14 bits per heavy atom. The van der Waals surface area contributed by atoms with Gasteiger partial charge in [0, 0.05) is 19.0 Å². The zero-order chi connectivity index (χ0) is 25.6. The minimum Gasteiger partial charge on any atom is -0.438 e. The number of likely N-dealkylation sites (tertiary alicyclic amines) is 1. The Bertz CT molecular complexity index is 991. The van der Waals surface area contributed by atoms with Gasteiger partial charge in [-0.05, 0) is 68.4 Å². The van der Waals surface area contributed by atoms with E-state index in [-0.39, 0.29) is 29.6 Å². The third kappa shape index (κ3) is 3.33. The van der Waals surface area contributed by atoms with Crippen LogP contribution >= 0.6 is 0 Å². The van der Waals surface area contributed by atoms with Crippen molar-refractivity contribution in [3.63, 3.8) is 0 Å². The van der Waals surface area contributed by atoms with Gasteiger partial charge in [0.05, 0.1) is 12.0 Å². The summed E-state index contributed by atoms with van der Waals surface area (Å²) in [5, 5.41) is 13.0. The molecule has 2 saturated heterocycles. The van der Waals surface area contributed by atoms with Crippen LogP contribution in [0.1, 0.15) is 67.7 Å². The van der Waals surface area contributed by atoms with Gasteiger partial charge in [-0.3, -0.25) is 4.79 Å². The van der Waals surface area contributed by atoms with Crippen molar-refractivity contribution in [2.45, 2.75) is 91.3 Å². The highest BCUT2D eigenvalue weighted by Gasteiger charge is 2.74. The third-order valence-corrected chi connectivity index (χ3v) is 9.87. The Morgan fingerprint density at radius 2 is 1.80 bits per heavy atom. The first-order valence-corrected chi connectivity index (χ1v) is 13.2. The monoisotopic (exact) mass is 487 g/mol. The number of allylic oxidation sites excluding steroid dienone is 1. The fraction of sp³-hybridized carbons (Fsp3) is 0.786. The summed E-state index contributed by atoms with van der Waals surface area (Å²) in [5.41, 5.74) is -1.87. The number of nitrogens with zero attached hydrogens (tertiary/aromatic N) is 1. The number of ether oxygens (including phenoxy) is 3. The molecule has 5 rings (SSSR count). The lowest BCUT2D eigenvalue weighted by molar-refractivity contribution is -0.303. The quantitative estimate of drug-likeness (QED) is 0.557. The molecule has 1 amide bonds. The van der Waals surface area contributed by atoms with Crippen LogP contribution in [0.5, 0.6) is 0 Å². The number of ketones is 1. The summed E-state index contributed by atoms with van der Waals surface area (Å²) in [6.07, 6.45) is 4.31. The maximum atomic E-state index is 14.7. The Kier molecular flexibility index (Phi) is 5.63. The topological polar surface area (TPSA) is 85.3 Å². The van der Waals surface area contributed by atoms with Crippen LogP contribution in [0.3, 0.4) is 0 Å². The van der Waals surface area contributed by atoms with E-state index in [1.165, 1.54) is 0 Å². The van der Waals surface area contributed by atoms with Crippen LogP contribution in [-0.4, -0.2) is 65.2 Å². The highest BCUT2D eigenvalue weighted by Crippen LogP contribution is 2.63. The number of carbonyl (C=O) groups is 2. The van der Waals surface area contributed by atoms with Gasteiger partial charge in [-0.25, -0.2) is 4.79 Å². The zero-order valence-electron chi connectivity index (χ0n) is 22.2. The highest BCUT2D eigenvalue weighted by molar-refractivity contribution is 5.95. The van der Waals surface area contributed by atoms with Crippen LogP contribution < -0.4 is 0 Å². The number of rotatable bonds is 1. The van der Waals surface area contributed by atoms with Crippen molar-refractivity contribution in [2.75, 3.05) is 19.7 Å². The van der Waals surface area contributed by atoms with Gasteiger partial charge in [0.15, 0.2) is 23.3 Å². The van der Waals surface area contributed by atoms with Crippen LogP contribution in [0, 0.1) is 28.6 Å². The van der Waals surface area contributed by atoms with E-state index in [2.05, 4.69) is 27.7 Å². The maximum absolute atomic E-state index is 14.7. The number of hydrogen-bond donors (Lipinski definition) is 1. The molecule has 7 heteroatoms. The number of aliphatic hydroxyl groups is 1. The number of carbonyl (C=O) groups excluding carboxylic acids is 2. The smallest absolute Gasteiger partial charge is 0.410 e. The van der Waals surface area contributed by atoms with Crippen LogP contribution in [0.25, 0.3) is 0 Å². The summed E-state index contributed by atoms with van der Waals surface area (Å²) >= 11 is 0. The molecule has 194 valence electrons. The molecule has 1 saturated carbocycles. The fourth-order valence-electron chi connectivity index (χ4n) is 7.44. The van der Waals surface area contributed by atoms with E-state index >= 15 is 0 Å². The summed E-state index contributed by atoms with van der Waals surface area (Å²) in [4.78, 5) is 29.6. The second-order valence-corrected chi connectivity index (χ2v) is 12.7. The molecule has 5 aliphatic rings. The average Bonchev–Trinajstić information content (AvgIpc) is 3.36. The molecule has 0 aromatic heterocycles. The lowest BCUT2D eigenvalue weighted by Crippen LogP contribution is -2.68. The summed E-state index contributed by atoms with van der Waals surface area (Å²) in [6, 6.07) is 0. The Balaban J connectivity index is 1.70. The van der Waals surface area contributed by atoms with Crippen LogP contribution in [0.2, 0.25) is 0 Å². The van der Waals surface area contributed by atoms with Gasteiger partial charge in [0.2, 0.25) is 0 Å². The Morgan fingerprint density at radius 3 is 2.46 bits per heavy atom. The first-order chi connectivity index (χ1) is 16.3. The standard InChI is InChI=1S/C28H41NO6/c1-16-14-27-18(3)12-17(2)25(4,5)20(21(27)30)13-19-15-33-26(6,7)35-23(19)28(27,32)22(16)34-24(31)29-10-8-9-11-29/h13-14,17-18,20,22-23,32H,8-12,15H2,1-7H3/t17-,18?,20+,22-,23+,27?,28+/m0/s1. The lowest BCUT2D eigenvalue weighted by atomic mass is 9.59. The van der Waals surface area contributed by atoms with Gasteiger partial charge in [0.1, 0.15) is 6.10 Å². The largest absolute Gasteiger partial charge is 0.438 e. The van der Waals surface area contributed by atoms with E-state index in [4.69, 9.17) is 14.2 Å². The fourth-order valence-corrected chi connectivity index (χ4v) is 7.44. The summed E-state index contributed by atoms with van der Waals surface area (Å²) < 4.78 is 18.6. The molecule has 7 nitrogen and oxygen atoms in total. The van der Waals surface area contributed by atoms with Crippen LogP contribution in [0.15, 0.2) is 23.3 Å². The van der Waals surface area contributed by atoms with Gasteiger partial charge < -0.3 is 24.2 Å². The molecule has 1 spiro atoms. The van der Waals surface area contributed by atoms with Crippen molar-refractivity contribution in [3.8, 4) is 0 Å². The Labute approximate surface area is 208 Å². The Hall–Kier alpha value is -1.70. The van der Waals surface area contributed by atoms with E-state index in [0.29, 0.717) is 18.7 Å². The second-order valence-electron chi connectivity index (χ2n) is 12.7. The number of amides is 1. The first-order valence-electron chi connectivity index (χ1n) is 13.2. The summed E-state index contributed by atoms with van der Waals surface area (Å²) in [5.74, 6) is -1.32. The van der Waals surface area contributed by atoms with E-state index < -0.39 is 41.0 Å². The van der Waals surface area contributed by atoms with Gasteiger partial charge in [-0.2, -0.15) is 0 Å². The van der Waals surface area contributed by atoms with Gasteiger partial charge in [-0.15, -0.1) is 0 Å². The van der Waals surface area contributed by atoms with Gasteiger partial charge in [-0.1, -0.05) is 39.8 Å². The van der Waals surface area contributed by atoms with Crippen LogP contribution in [0.4, 0.5) is 4.79 Å². The number of hydrogen-bond acceptors (Lipinski definition) is 6. The molecular weight excluding hydrogens is 446 g/mol. The van der Waals surface area contributed by atoms with E-state index in [1.807, 2.05) is 32.9 Å². The van der Waals surface area contributed by atoms with E-state index in [9.17, 15) is 14.7 Å². The zero-order valence-corrected chi connectivity index (χ0v) is 22.2. The summed E-state index contributed by atoms with van der Waals surface area (Å²) in [7, 11) is 0. The molecule has 2 bridgehead atoms. The molecule has 3 aliphatic carbocycles. The molecule has 2 unspecified atom stereocenters. The average molecular weight is 488 g/mol. The van der Waals surface area contributed by atoms with Crippen molar-refractivity contribution in [2.24, 2.45) is 28.6 Å². The van der Waals surface area contributed by atoms with Crippen molar-refractivity contribution in [3.05, 3.63) is 23.3 Å². The molecule has 0 aromatic rings. The maximum Gasteiger partial charge on any atom is 0.410 e. The molecular formula is C28H41NO6. The molecule has 7 atom stereocenters. The molecule has 3 fully saturated rings. The molecule has 0 radical (unpaired) electrons. The summed E-state index contributed by atoms with van der Waals surface area (Å²) in [6.45, 7) is 15.6. The van der Waals surface area contributed by atoms with Crippen molar-refractivity contribution < 1.29 is 28.9 Å². The van der Waals surface area contributed by atoms with Crippen molar-refractivity contribution in [1.82, 2.24) is 4.90 Å². The van der Waals surface area contributed by atoms with Crippen LogP contribution in [-0.2, 0) is 19.0 Å². The molecule has 2 heterocycles.